The molecule has 0 aliphatic rings. The summed E-state index contributed by atoms with van der Waals surface area (Å²) in [5.41, 5.74) is 0. The number of primary sulfonamides is 1. The van der Waals surface area contributed by atoms with E-state index in [-0.39, 0.29) is 17.3 Å². The maximum Gasteiger partial charge on any atom is 0.239 e. The van der Waals surface area contributed by atoms with E-state index in [1.54, 1.807) is 18.2 Å². The van der Waals surface area contributed by atoms with Gasteiger partial charge in [0, 0.05) is 3.57 Å². The smallest absolute Gasteiger partial charge is 0.225 e. The molecule has 0 aromatic heterocycles. The van der Waals surface area contributed by atoms with Gasteiger partial charge in [0.15, 0.2) is 0 Å². The summed E-state index contributed by atoms with van der Waals surface area (Å²) in [5, 5.41) is 4.93. The maximum absolute atomic E-state index is 10.8. The first-order chi connectivity index (χ1) is 5.02. The monoisotopic (exact) mass is 319 g/mol. The molecule has 0 amide bonds. The van der Waals surface area contributed by atoms with Crippen LogP contribution in [0.4, 0.5) is 0 Å². The lowest BCUT2D eigenvalue weighted by molar-refractivity contribution is 0.597. The Bertz CT molecular complexity index is 366. The van der Waals surface area contributed by atoms with Gasteiger partial charge in [-0.3, -0.25) is 0 Å². The zero-order chi connectivity index (χ0) is 8.48. The minimum atomic E-state index is -3.54. The standard InChI is InChI=1S/C6H6INO2S.ClH/c7-5-3-1-2-4-6(5)11(8,9)10;/h1-4H,(H2,8,9,10);1H. The summed E-state index contributed by atoms with van der Waals surface area (Å²) < 4.78 is 22.3. The van der Waals surface area contributed by atoms with Crippen molar-refractivity contribution in [3.8, 4) is 0 Å². The number of hydrogen-bond acceptors (Lipinski definition) is 2. The van der Waals surface area contributed by atoms with Gasteiger partial charge in [0.25, 0.3) is 0 Å². The molecule has 3 nitrogen and oxygen atoms in total. The topological polar surface area (TPSA) is 60.2 Å². The van der Waals surface area contributed by atoms with Crippen molar-refractivity contribution in [3.05, 3.63) is 27.8 Å². The van der Waals surface area contributed by atoms with Crippen LogP contribution in [0.1, 0.15) is 0 Å². The van der Waals surface area contributed by atoms with Gasteiger partial charge in [-0.25, -0.2) is 13.6 Å². The predicted octanol–water partition coefficient (Wildman–Crippen LogP) is 1.36. The zero-order valence-electron chi connectivity index (χ0n) is 5.90. The molecule has 0 saturated heterocycles. The average Bonchev–Trinajstić information content (AvgIpc) is 1.86. The minimum absolute atomic E-state index is 0. The van der Waals surface area contributed by atoms with Crippen LogP contribution >= 0.6 is 35.0 Å². The number of benzene rings is 1. The van der Waals surface area contributed by atoms with Crippen LogP contribution in [0.25, 0.3) is 0 Å². The van der Waals surface area contributed by atoms with Gasteiger partial charge in [-0.05, 0) is 34.7 Å². The summed E-state index contributed by atoms with van der Waals surface area (Å²) in [6, 6.07) is 6.58. The minimum Gasteiger partial charge on any atom is -0.225 e. The van der Waals surface area contributed by atoms with E-state index in [0.29, 0.717) is 3.57 Å². The lowest BCUT2D eigenvalue weighted by Gasteiger charge is -1.98. The number of hydrogen-bond donors (Lipinski definition) is 1. The number of sulfonamides is 1. The molecule has 0 spiro atoms. The second kappa shape index (κ2) is 4.40. The SMILES string of the molecule is Cl.NS(=O)(=O)c1ccccc1I. The van der Waals surface area contributed by atoms with Crippen LogP contribution in [0.15, 0.2) is 29.2 Å². The maximum atomic E-state index is 10.8. The molecule has 0 bridgehead atoms. The van der Waals surface area contributed by atoms with E-state index in [1.807, 2.05) is 22.6 Å². The quantitative estimate of drug-likeness (QED) is 0.795. The van der Waals surface area contributed by atoms with Gasteiger partial charge in [0.1, 0.15) is 0 Å². The molecule has 6 heteroatoms. The number of rotatable bonds is 1. The van der Waals surface area contributed by atoms with Gasteiger partial charge in [-0.15, -0.1) is 12.4 Å². The van der Waals surface area contributed by atoms with E-state index in [1.165, 1.54) is 6.07 Å². The van der Waals surface area contributed by atoms with E-state index in [0.717, 1.165) is 0 Å². The molecule has 1 aromatic rings. The van der Waals surface area contributed by atoms with E-state index < -0.39 is 10.0 Å². The molecular weight excluding hydrogens is 312 g/mol. The van der Waals surface area contributed by atoms with Crippen LogP contribution in [0, 0.1) is 3.57 Å². The molecule has 68 valence electrons. The second-order valence-corrected chi connectivity index (χ2v) is 4.67. The Morgan fingerprint density at radius 1 is 1.25 bits per heavy atom. The van der Waals surface area contributed by atoms with Gasteiger partial charge in [-0.2, -0.15) is 0 Å². The van der Waals surface area contributed by atoms with Gasteiger partial charge >= 0.3 is 0 Å². The number of halogens is 2. The Labute approximate surface area is 90.9 Å². The van der Waals surface area contributed by atoms with Crippen LogP contribution in [0.3, 0.4) is 0 Å². The summed E-state index contributed by atoms with van der Waals surface area (Å²) in [7, 11) is -3.54. The highest BCUT2D eigenvalue weighted by atomic mass is 127. The van der Waals surface area contributed by atoms with Crippen molar-refractivity contribution in [1.29, 1.82) is 0 Å². The molecule has 0 fully saturated rings. The average molecular weight is 320 g/mol. The summed E-state index contributed by atoms with van der Waals surface area (Å²) in [6.07, 6.45) is 0. The normalized spacial score (nSPS) is 10.5. The van der Waals surface area contributed by atoms with Crippen molar-refractivity contribution in [2.75, 3.05) is 0 Å². The largest absolute Gasteiger partial charge is 0.239 e. The van der Waals surface area contributed by atoms with Gasteiger partial charge in [0.05, 0.1) is 4.90 Å². The first-order valence-corrected chi connectivity index (χ1v) is 5.41. The Morgan fingerprint density at radius 3 is 2.08 bits per heavy atom. The predicted molar refractivity (Wildman–Crippen MR) is 57.8 cm³/mol. The third kappa shape index (κ3) is 2.89. The summed E-state index contributed by atoms with van der Waals surface area (Å²) >= 11 is 1.93. The van der Waals surface area contributed by atoms with Crippen molar-refractivity contribution < 1.29 is 8.42 Å². The van der Waals surface area contributed by atoms with Crippen LogP contribution < -0.4 is 5.14 Å². The second-order valence-electron chi connectivity index (χ2n) is 1.98. The van der Waals surface area contributed by atoms with E-state index in [4.69, 9.17) is 5.14 Å². The van der Waals surface area contributed by atoms with Crippen LogP contribution in [-0.2, 0) is 10.0 Å². The summed E-state index contributed by atoms with van der Waals surface area (Å²) in [4.78, 5) is 0.181. The fourth-order valence-corrected chi connectivity index (χ4v) is 2.59. The Hall–Kier alpha value is 0.150. The molecule has 12 heavy (non-hydrogen) atoms. The zero-order valence-corrected chi connectivity index (χ0v) is 9.69. The molecule has 0 aliphatic carbocycles. The van der Waals surface area contributed by atoms with Crippen LogP contribution in [0.2, 0.25) is 0 Å². The Balaban J connectivity index is 0.00000121. The highest BCUT2D eigenvalue weighted by molar-refractivity contribution is 14.1. The fraction of sp³-hybridized carbons (Fsp3) is 0. The lowest BCUT2D eigenvalue weighted by atomic mass is 10.4. The van der Waals surface area contributed by atoms with E-state index in [9.17, 15) is 8.42 Å². The molecule has 1 aromatic carbocycles. The van der Waals surface area contributed by atoms with Crippen molar-refractivity contribution in [2.45, 2.75) is 4.90 Å². The van der Waals surface area contributed by atoms with Gasteiger partial charge < -0.3 is 0 Å². The van der Waals surface area contributed by atoms with Crippen molar-refractivity contribution >= 4 is 45.0 Å². The summed E-state index contributed by atoms with van der Waals surface area (Å²) in [6.45, 7) is 0. The molecule has 1 rings (SSSR count). The molecule has 0 unspecified atom stereocenters. The molecule has 0 saturated carbocycles. The molecule has 2 N–H and O–H groups in total. The fourth-order valence-electron chi connectivity index (χ4n) is 0.675. The first-order valence-electron chi connectivity index (χ1n) is 2.79. The van der Waals surface area contributed by atoms with Crippen molar-refractivity contribution in [1.82, 2.24) is 0 Å². The Kier molecular flexibility index (Phi) is 4.46. The third-order valence-corrected chi connectivity index (χ3v) is 3.42. The highest BCUT2D eigenvalue weighted by Gasteiger charge is 2.09. The molecule has 0 heterocycles. The number of nitrogens with two attached hydrogens (primary N) is 1. The third-order valence-electron chi connectivity index (χ3n) is 1.14. The van der Waals surface area contributed by atoms with Crippen LogP contribution in [-0.4, -0.2) is 8.42 Å². The molecule has 0 atom stereocenters. The van der Waals surface area contributed by atoms with Crippen molar-refractivity contribution in [3.63, 3.8) is 0 Å². The Morgan fingerprint density at radius 2 is 1.75 bits per heavy atom. The van der Waals surface area contributed by atoms with E-state index in [2.05, 4.69) is 0 Å². The van der Waals surface area contributed by atoms with Gasteiger partial charge in [-0.1, -0.05) is 12.1 Å². The first kappa shape index (κ1) is 12.2. The molecular formula is C6H7ClINO2S. The summed E-state index contributed by atoms with van der Waals surface area (Å²) in [5.74, 6) is 0. The molecule has 0 radical (unpaired) electrons. The van der Waals surface area contributed by atoms with Crippen LogP contribution in [0.5, 0.6) is 0 Å². The van der Waals surface area contributed by atoms with Crippen molar-refractivity contribution in [2.24, 2.45) is 5.14 Å². The highest BCUT2D eigenvalue weighted by Crippen LogP contribution is 2.14. The van der Waals surface area contributed by atoms with E-state index >= 15 is 0 Å². The molecule has 0 aliphatic heterocycles. The van der Waals surface area contributed by atoms with Gasteiger partial charge in [0.2, 0.25) is 10.0 Å². The lowest BCUT2D eigenvalue weighted by Crippen LogP contribution is -2.13.